The number of carbonyl (C=O) groups is 3. The molecule has 2 fully saturated rings. The summed E-state index contributed by atoms with van der Waals surface area (Å²) in [7, 11) is 0. The van der Waals surface area contributed by atoms with Crippen molar-refractivity contribution in [2.45, 2.75) is 51.7 Å². The Morgan fingerprint density at radius 3 is 2.60 bits per heavy atom. The van der Waals surface area contributed by atoms with Crippen LogP contribution in [0.15, 0.2) is 54.7 Å². The Labute approximate surface area is 230 Å². The number of carbonyl (C=O) groups excluding carboxylic acids is 3. The van der Waals surface area contributed by atoms with Crippen molar-refractivity contribution in [1.82, 2.24) is 24.6 Å². The molecule has 3 amide bonds. The number of benzene rings is 1. The lowest BCUT2D eigenvalue weighted by Gasteiger charge is -2.34. The Hall–Kier alpha value is -4.80. The fourth-order valence-corrected chi connectivity index (χ4v) is 6.04. The second kappa shape index (κ2) is 10.1. The molecule has 11 nitrogen and oxygen atoms in total. The number of fused-ring (bicyclic) bond motifs is 3. The molecule has 1 saturated carbocycles. The van der Waals surface area contributed by atoms with E-state index in [0.29, 0.717) is 33.8 Å². The third-order valence-corrected chi connectivity index (χ3v) is 7.80. The Morgan fingerprint density at radius 1 is 1.00 bits per heavy atom. The van der Waals surface area contributed by atoms with E-state index >= 15 is 0 Å². The highest BCUT2D eigenvalue weighted by atomic mass is 16.2. The summed E-state index contributed by atoms with van der Waals surface area (Å²) in [6.45, 7) is 3.70. The average Bonchev–Trinajstić information content (AvgIpc) is 3.63. The van der Waals surface area contributed by atoms with Crippen LogP contribution in [-0.2, 0) is 16.1 Å². The van der Waals surface area contributed by atoms with Gasteiger partial charge in [-0.3, -0.25) is 14.4 Å². The first kappa shape index (κ1) is 25.5. The van der Waals surface area contributed by atoms with E-state index in [9.17, 15) is 14.4 Å². The van der Waals surface area contributed by atoms with Gasteiger partial charge in [-0.15, -0.1) is 5.10 Å². The lowest BCUT2D eigenvalue weighted by molar-refractivity contribution is -0.141. The van der Waals surface area contributed by atoms with Gasteiger partial charge in [0.2, 0.25) is 11.8 Å². The monoisotopic (exact) mass is 538 g/mol. The fourth-order valence-electron chi connectivity index (χ4n) is 6.04. The predicted octanol–water partition coefficient (Wildman–Crippen LogP) is 3.30. The third kappa shape index (κ3) is 4.74. The van der Waals surface area contributed by atoms with Crippen LogP contribution < -0.4 is 16.4 Å². The zero-order valence-electron chi connectivity index (χ0n) is 22.3. The van der Waals surface area contributed by atoms with Crippen molar-refractivity contribution < 1.29 is 14.4 Å². The first-order valence-corrected chi connectivity index (χ1v) is 13.3. The zero-order chi connectivity index (χ0) is 28.0. The number of nitrogens with zero attached hydrogens (tertiary/aromatic N) is 5. The number of rotatable bonds is 7. The van der Waals surface area contributed by atoms with Crippen molar-refractivity contribution in [3.05, 3.63) is 71.7 Å². The van der Waals surface area contributed by atoms with Crippen molar-refractivity contribution in [3.63, 3.8) is 0 Å². The minimum atomic E-state index is -0.591. The van der Waals surface area contributed by atoms with Crippen LogP contribution in [0.5, 0.6) is 0 Å². The Kier molecular flexibility index (Phi) is 6.41. The molecular weight excluding hydrogens is 508 g/mol. The van der Waals surface area contributed by atoms with Crippen molar-refractivity contribution in [3.8, 4) is 0 Å². The average molecular weight is 539 g/mol. The summed E-state index contributed by atoms with van der Waals surface area (Å²) in [4.78, 5) is 45.6. The van der Waals surface area contributed by atoms with Gasteiger partial charge >= 0.3 is 0 Å². The van der Waals surface area contributed by atoms with Gasteiger partial charge in [-0.1, -0.05) is 6.07 Å². The maximum atomic E-state index is 13.8. The van der Waals surface area contributed by atoms with Crippen LogP contribution in [0, 0.1) is 19.8 Å². The predicted molar refractivity (Wildman–Crippen MR) is 150 cm³/mol. The lowest BCUT2D eigenvalue weighted by atomic mass is 9.97. The molecule has 11 heteroatoms. The maximum Gasteiger partial charge on any atom is 0.250 e. The van der Waals surface area contributed by atoms with E-state index < -0.39 is 11.9 Å². The topological polar surface area (TPSA) is 148 Å². The van der Waals surface area contributed by atoms with Crippen LogP contribution in [0.25, 0.3) is 10.9 Å². The summed E-state index contributed by atoms with van der Waals surface area (Å²) in [5.41, 5.74) is 9.02. The lowest BCUT2D eigenvalue weighted by Crippen LogP contribution is -2.51. The van der Waals surface area contributed by atoms with Gasteiger partial charge in [-0.25, -0.2) is 4.98 Å². The first-order valence-electron chi connectivity index (χ1n) is 13.3. The van der Waals surface area contributed by atoms with Gasteiger partial charge in [0.25, 0.3) is 5.91 Å². The van der Waals surface area contributed by atoms with Gasteiger partial charge in [0.1, 0.15) is 18.4 Å². The molecule has 0 radical (unpaired) electrons. The number of likely N-dealkylation sites (tertiary alicyclic amines) is 1. The second-order valence-electron chi connectivity index (χ2n) is 10.6. The molecule has 4 aromatic rings. The van der Waals surface area contributed by atoms with Crippen LogP contribution in [0.3, 0.4) is 0 Å². The standard InChI is InChI=1S/C29H30N8O3/c1-16-4-3-5-24(31-16)33-29(40)27-18-7-9-20(12-18)37(27)26(38)15-36-14-22(28(30)39)21-13-19(8-10-23(21)36)32-25-11-6-17(2)34-35-25/h3-6,8,10-11,13-14,18,20,27H,7,9,12,15H2,1-2H3,(H2,30,39)(H,32,35)(H,31,33,40)/t18?,20?,27-/m0/s1. The summed E-state index contributed by atoms with van der Waals surface area (Å²) in [6.07, 6.45) is 4.20. The number of aromatic nitrogens is 4. The molecule has 3 aromatic heterocycles. The maximum absolute atomic E-state index is 13.8. The molecule has 2 unspecified atom stereocenters. The van der Waals surface area contributed by atoms with E-state index in [1.54, 1.807) is 27.8 Å². The van der Waals surface area contributed by atoms with E-state index in [0.717, 1.165) is 30.7 Å². The van der Waals surface area contributed by atoms with Crippen LogP contribution in [0.2, 0.25) is 0 Å². The van der Waals surface area contributed by atoms with E-state index in [1.165, 1.54) is 0 Å². The molecule has 40 heavy (non-hydrogen) atoms. The number of aryl methyl sites for hydroxylation is 2. The van der Waals surface area contributed by atoms with E-state index in [4.69, 9.17) is 5.73 Å². The van der Waals surface area contributed by atoms with Gasteiger partial charge in [-0.2, -0.15) is 5.10 Å². The van der Waals surface area contributed by atoms with Crippen molar-refractivity contribution in [2.75, 3.05) is 10.6 Å². The third-order valence-electron chi connectivity index (χ3n) is 7.80. The highest BCUT2D eigenvalue weighted by molar-refractivity contribution is 6.07. The molecular formula is C29H30N8O3. The van der Waals surface area contributed by atoms with Gasteiger partial charge < -0.3 is 25.8 Å². The number of primary amides is 1. The number of hydrogen-bond donors (Lipinski definition) is 3. The number of nitrogens with one attached hydrogen (secondary N) is 2. The number of piperidine rings is 1. The van der Waals surface area contributed by atoms with Crippen LogP contribution in [0.1, 0.15) is 41.0 Å². The van der Waals surface area contributed by atoms with Crippen molar-refractivity contribution in [1.29, 1.82) is 0 Å². The highest BCUT2D eigenvalue weighted by Gasteiger charge is 2.51. The molecule has 4 N–H and O–H groups in total. The minimum absolute atomic E-state index is 0.0163. The smallest absolute Gasteiger partial charge is 0.250 e. The quantitative estimate of drug-likeness (QED) is 0.327. The summed E-state index contributed by atoms with van der Waals surface area (Å²) in [5.74, 6) is 0.169. The fraction of sp³-hybridized carbons (Fsp3) is 0.310. The minimum Gasteiger partial charge on any atom is -0.366 e. The molecule has 204 valence electrons. The van der Waals surface area contributed by atoms with Crippen LogP contribution >= 0.6 is 0 Å². The Morgan fingerprint density at radius 2 is 1.85 bits per heavy atom. The first-order chi connectivity index (χ1) is 19.3. The molecule has 2 aliphatic rings. The molecule has 6 rings (SSSR count). The molecule has 1 saturated heterocycles. The number of nitrogens with two attached hydrogens (primary N) is 1. The molecule has 1 aliphatic carbocycles. The van der Waals surface area contributed by atoms with Crippen LogP contribution in [0.4, 0.5) is 17.3 Å². The number of pyridine rings is 1. The van der Waals surface area contributed by atoms with Crippen LogP contribution in [-0.4, -0.2) is 54.5 Å². The highest BCUT2D eigenvalue weighted by Crippen LogP contribution is 2.43. The zero-order valence-corrected chi connectivity index (χ0v) is 22.3. The number of hydrogen-bond acceptors (Lipinski definition) is 7. The summed E-state index contributed by atoms with van der Waals surface area (Å²) < 4.78 is 1.73. The summed E-state index contributed by atoms with van der Waals surface area (Å²) in [5, 5.41) is 14.9. The SMILES string of the molecule is Cc1ccc(Nc2ccc3c(c2)c(C(N)=O)cn3CC(=O)N2C3CCC(C3)[C@H]2C(=O)Nc2cccc(C)n2)nn1. The molecule has 1 aliphatic heterocycles. The summed E-state index contributed by atoms with van der Waals surface area (Å²) in [6, 6.07) is 14.1. The molecule has 4 heterocycles. The largest absolute Gasteiger partial charge is 0.366 e. The molecule has 2 bridgehead atoms. The second-order valence-corrected chi connectivity index (χ2v) is 10.6. The summed E-state index contributed by atoms with van der Waals surface area (Å²) >= 11 is 0. The van der Waals surface area contributed by atoms with Gasteiger partial charge in [0.05, 0.1) is 11.3 Å². The van der Waals surface area contributed by atoms with Crippen molar-refractivity contribution in [2.24, 2.45) is 11.7 Å². The number of anilines is 3. The molecule has 0 spiro atoms. The normalized spacial score (nSPS) is 19.6. The van der Waals surface area contributed by atoms with Gasteiger partial charge in [0.15, 0.2) is 5.82 Å². The van der Waals surface area contributed by atoms with Gasteiger partial charge in [-0.05, 0) is 81.5 Å². The Bertz CT molecular complexity index is 1630. The molecule has 3 atom stereocenters. The van der Waals surface area contributed by atoms with E-state index in [2.05, 4.69) is 25.8 Å². The van der Waals surface area contributed by atoms with E-state index in [-0.39, 0.29) is 30.3 Å². The Balaban J connectivity index is 1.25. The van der Waals surface area contributed by atoms with Gasteiger partial charge in [0, 0.05) is 34.5 Å². The molecule has 1 aromatic carbocycles. The number of amides is 3. The van der Waals surface area contributed by atoms with E-state index in [1.807, 2.05) is 50.2 Å². The van der Waals surface area contributed by atoms with Crippen molar-refractivity contribution >= 4 is 45.9 Å².